The maximum Gasteiger partial charge on any atom is 0.164 e. The van der Waals surface area contributed by atoms with Gasteiger partial charge in [0.15, 0.2) is 5.82 Å². The van der Waals surface area contributed by atoms with Gasteiger partial charge in [-0.25, -0.2) is 14.5 Å². The Morgan fingerprint density at radius 1 is 1.06 bits per heavy atom. The highest BCUT2D eigenvalue weighted by molar-refractivity contribution is 5.59. The van der Waals surface area contributed by atoms with E-state index in [-0.39, 0.29) is 0 Å². The molecule has 5 heteroatoms. The molecule has 3 rings (SSSR count). The van der Waals surface area contributed by atoms with Gasteiger partial charge in [0.05, 0.1) is 6.20 Å². The molecule has 0 fully saturated rings. The van der Waals surface area contributed by atoms with Gasteiger partial charge < -0.3 is 0 Å². The Balaban J connectivity index is 2.27. The highest BCUT2D eigenvalue weighted by Gasteiger charge is 2.12. The van der Waals surface area contributed by atoms with Gasteiger partial charge in [0, 0.05) is 30.7 Å². The van der Waals surface area contributed by atoms with E-state index in [1.54, 1.807) is 18.6 Å². The molecule has 17 heavy (non-hydrogen) atoms. The van der Waals surface area contributed by atoms with Crippen LogP contribution in [0.4, 0.5) is 0 Å². The minimum Gasteiger partial charge on any atom is -0.286 e. The summed E-state index contributed by atoms with van der Waals surface area (Å²) >= 11 is 0. The molecule has 0 atom stereocenters. The van der Waals surface area contributed by atoms with Crippen molar-refractivity contribution >= 4 is 5.52 Å². The Hall–Kier alpha value is -2.17. The molecule has 0 N–H and O–H groups in total. The van der Waals surface area contributed by atoms with Gasteiger partial charge in [0.25, 0.3) is 0 Å². The quantitative estimate of drug-likeness (QED) is 0.673. The van der Waals surface area contributed by atoms with Crippen molar-refractivity contribution in [2.24, 2.45) is 0 Å². The number of fused-ring (bicyclic) bond motifs is 1. The maximum atomic E-state index is 4.43. The van der Waals surface area contributed by atoms with Crippen molar-refractivity contribution in [1.29, 1.82) is 0 Å². The van der Waals surface area contributed by atoms with Gasteiger partial charge in [0.2, 0.25) is 0 Å². The molecule has 0 aliphatic heterocycles. The molecule has 0 saturated carbocycles. The predicted molar refractivity (Wildman–Crippen MR) is 64.2 cm³/mol. The molecule has 0 aromatic carbocycles. The maximum absolute atomic E-state index is 4.43. The SMILES string of the molecule is CC(C)c1nccn1-c1nccn2nccc12. The monoisotopic (exact) mass is 227 g/mol. The average molecular weight is 227 g/mol. The Morgan fingerprint density at radius 2 is 1.88 bits per heavy atom. The Morgan fingerprint density at radius 3 is 2.71 bits per heavy atom. The molecular weight excluding hydrogens is 214 g/mol. The van der Waals surface area contributed by atoms with Crippen molar-refractivity contribution in [2.75, 3.05) is 0 Å². The second-order valence-corrected chi connectivity index (χ2v) is 4.22. The van der Waals surface area contributed by atoms with Crippen LogP contribution in [0.25, 0.3) is 11.3 Å². The highest BCUT2D eigenvalue weighted by Crippen LogP contribution is 2.19. The summed E-state index contributed by atoms with van der Waals surface area (Å²) < 4.78 is 3.83. The Labute approximate surface area is 98.7 Å². The van der Waals surface area contributed by atoms with Crippen LogP contribution >= 0.6 is 0 Å². The van der Waals surface area contributed by atoms with Gasteiger partial charge in [-0.05, 0) is 6.07 Å². The van der Waals surface area contributed by atoms with Crippen molar-refractivity contribution in [3.63, 3.8) is 0 Å². The molecule has 5 nitrogen and oxygen atoms in total. The minimum absolute atomic E-state index is 0.356. The normalized spacial score (nSPS) is 11.5. The van der Waals surface area contributed by atoms with Crippen LogP contribution in [0, 0.1) is 0 Å². The molecule has 0 saturated heterocycles. The minimum atomic E-state index is 0.356. The molecule has 0 unspecified atom stereocenters. The lowest BCUT2D eigenvalue weighted by Gasteiger charge is -2.10. The number of hydrogen-bond acceptors (Lipinski definition) is 3. The largest absolute Gasteiger partial charge is 0.286 e. The van der Waals surface area contributed by atoms with E-state index in [0.717, 1.165) is 17.2 Å². The van der Waals surface area contributed by atoms with E-state index < -0.39 is 0 Å². The molecule has 3 aromatic rings. The molecular formula is C12H13N5. The number of aromatic nitrogens is 5. The molecule has 0 aliphatic rings. The third kappa shape index (κ3) is 1.51. The van der Waals surface area contributed by atoms with Crippen LogP contribution in [-0.2, 0) is 0 Å². The molecule has 0 spiro atoms. The molecule has 3 heterocycles. The van der Waals surface area contributed by atoms with Gasteiger partial charge in [0.1, 0.15) is 11.3 Å². The summed E-state index contributed by atoms with van der Waals surface area (Å²) in [5.74, 6) is 2.23. The standard InChI is InChI=1S/C12H13N5/c1-9(2)11-13-5-7-16(11)12-10-3-4-15-17(10)8-6-14-12/h3-9H,1-2H3. The van der Waals surface area contributed by atoms with Gasteiger partial charge >= 0.3 is 0 Å². The fraction of sp³-hybridized carbons (Fsp3) is 0.250. The highest BCUT2D eigenvalue weighted by atomic mass is 15.2. The number of nitrogens with zero attached hydrogens (tertiary/aromatic N) is 5. The first-order valence-corrected chi connectivity index (χ1v) is 5.59. The summed E-state index contributed by atoms with van der Waals surface area (Å²) in [7, 11) is 0. The van der Waals surface area contributed by atoms with Crippen LogP contribution in [0.1, 0.15) is 25.6 Å². The summed E-state index contributed by atoms with van der Waals surface area (Å²) in [4.78, 5) is 8.80. The van der Waals surface area contributed by atoms with Crippen molar-refractivity contribution in [3.8, 4) is 5.82 Å². The van der Waals surface area contributed by atoms with Crippen LogP contribution in [0.2, 0.25) is 0 Å². The van der Waals surface area contributed by atoms with Crippen molar-refractivity contribution in [2.45, 2.75) is 19.8 Å². The van der Waals surface area contributed by atoms with Crippen LogP contribution in [-0.4, -0.2) is 24.1 Å². The van der Waals surface area contributed by atoms with E-state index in [0.29, 0.717) is 5.92 Å². The lowest BCUT2D eigenvalue weighted by atomic mass is 10.2. The zero-order valence-electron chi connectivity index (χ0n) is 9.78. The van der Waals surface area contributed by atoms with E-state index in [1.165, 1.54) is 0 Å². The predicted octanol–water partition coefficient (Wildman–Crippen LogP) is 2.04. The number of rotatable bonds is 2. The summed E-state index contributed by atoms with van der Waals surface area (Å²) in [6, 6.07) is 1.95. The second-order valence-electron chi connectivity index (χ2n) is 4.22. The van der Waals surface area contributed by atoms with Crippen molar-refractivity contribution in [3.05, 3.63) is 42.9 Å². The lowest BCUT2D eigenvalue weighted by Crippen LogP contribution is -2.06. The third-order valence-electron chi connectivity index (χ3n) is 2.72. The number of imidazole rings is 1. The zero-order valence-corrected chi connectivity index (χ0v) is 9.78. The third-order valence-corrected chi connectivity index (χ3v) is 2.72. The van der Waals surface area contributed by atoms with Crippen LogP contribution in [0.15, 0.2) is 37.1 Å². The van der Waals surface area contributed by atoms with Crippen LogP contribution in [0.5, 0.6) is 0 Å². The fourth-order valence-electron chi connectivity index (χ4n) is 1.95. The smallest absolute Gasteiger partial charge is 0.164 e. The van der Waals surface area contributed by atoms with Crippen molar-refractivity contribution in [1.82, 2.24) is 24.1 Å². The second kappa shape index (κ2) is 3.69. The first kappa shape index (κ1) is 10.0. The molecule has 0 aliphatic carbocycles. The zero-order chi connectivity index (χ0) is 11.8. The molecule has 0 bridgehead atoms. The average Bonchev–Trinajstić information content (AvgIpc) is 2.97. The van der Waals surface area contributed by atoms with E-state index >= 15 is 0 Å². The molecule has 3 aromatic heterocycles. The van der Waals surface area contributed by atoms with E-state index in [4.69, 9.17) is 0 Å². The molecule has 86 valence electrons. The van der Waals surface area contributed by atoms with Gasteiger partial charge in [-0.3, -0.25) is 4.57 Å². The number of hydrogen-bond donors (Lipinski definition) is 0. The Kier molecular flexibility index (Phi) is 2.18. The summed E-state index contributed by atoms with van der Waals surface area (Å²) in [6.45, 7) is 4.24. The summed E-state index contributed by atoms with van der Waals surface area (Å²) in [6.07, 6.45) is 9.10. The van der Waals surface area contributed by atoms with E-state index in [2.05, 4.69) is 28.9 Å². The lowest BCUT2D eigenvalue weighted by molar-refractivity contribution is 0.742. The van der Waals surface area contributed by atoms with Crippen molar-refractivity contribution < 1.29 is 0 Å². The Bertz CT molecular complexity index is 650. The summed E-state index contributed by atoms with van der Waals surface area (Å²) in [5.41, 5.74) is 0.979. The molecule has 0 amide bonds. The molecule has 0 radical (unpaired) electrons. The van der Waals surface area contributed by atoms with Gasteiger partial charge in [-0.2, -0.15) is 5.10 Å². The summed E-state index contributed by atoms with van der Waals surface area (Å²) in [5, 5.41) is 4.21. The topological polar surface area (TPSA) is 48.0 Å². The van der Waals surface area contributed by atoms with E-state index in [9.17, 15) is 0 Å². The van der Waals surface area contributed by atoms with Gasteiger partial charge in [-0.15, -0.1) is 0 Å². The fourth-order valence-corrected chi connectivity index (χ4v) is 1.95. The van der Waals surface area contributed by atoms with Gasteiger partial charge in [-0.1, -0.05) is 13.8 Å². The van der Waals surface area contributed by atoms with Crippen LogP contribution < -0.4 is 0 Å². The van der Waals surface area contributed by atoms with E-state index in [1.807, 2.05) is 27.5 Å². The first-order chi connectivity index (χ1) is 8.27. The first-order valence-electron chi connectivity index (χ1n) is 5.59. The van der Waals surface area contributed by atoms with Crippen LogP contribution in [0.3, 0.4) is 0 Å².